The number of benzene rings is 3. The van der Waals surface area contributed by atoms with Crippen LogP contribution in [-0.4, -0.2) is 70.4 Å². The number of anilines is 2. The van der Waals surface area contributed by atoms with Crippen LogP contribution in [0.4, 0.5) is 11.4 Å². The lowest BCUT2D eigenvalue weighted by molar-refractivity contribution is -0.115. The van der Waals surface area contributed by atoms with Gasteiger partial charge in [-0.1, -0.05) is 12.1 Å². The molecule has 9 nitrogen and oxygen atoms in total. The molecule has 0 saturated carbocycles. The summed E-state index contributed by atoms with van der Waals surface area (Å²) in [5.74, 6) is 1.40. The standard InChI is InChI=1S/C29H33N3O6/c1-35-26-11-8-24(20-27(26)36-2)30-28(33)19-21-4-3-5-23(18-21)31-29(34)22-6-9-25(10-7-22)38-17-14-32-12-15-37-16-13-32/h3-11,18,20H,12-17,19H2,1-2H3,(H,30,33)(H,31,34). The van der Waals surface area contributed by atoms with Crippen molar-refractivity contribution in [2.75, 3.05) is 64.3 Å². The number of carbonyl (C=O) groups excluding carboxylic acids is 2. The Bertz CT molecular complexity index is 1230. The van der Waals surface area contributed by atoms with Crippen molar-refractivity contribution >= 4 is 23.2 Å². The fourth-order valence-corrected chi connectivity index (χ4v) is 4.09. The topological polar surface area (TPSA) is 98.4 Å². The summed E-state index contributed by atoms with van der Waals surface area (Å²) in [6.45, 7) is 4.79. The van der Waals surface area contributed by atoms with E-state index in [1.54, 1.807) is 74.9 Å². The number of methoxy groups -OCH3 is 2. The van der Waals surface area contributed by atoms with Crippen molar-refractivity contribution in [3.63, 3.8) is 0 Å². The predicted molar refractivity (Wildman–Crippen MR) is 145 cm³/mol. The molecule has 0 bridgehead atoms. The third kappa shape index (κ3) is 7.71. The zero-order valence-electron chi connectivity index (χ0n) is 21.7. The van der Waals surface area contributed by atoms with Gasteiger partial charge in [-0.3, -0.25) is 14.5 Å². The van der Waals surface area contributed by atoms with Gasteiger partial charge >= 0.3 is 0 Å². The first-order chi connectivity index (χ1) is 18.5. The number of rotatable bonds is 11. The van der Waals surface area contributed by atoms with Gasteiger partial charge in [0.15, 0.2) is 11.5 Å². The van der Waals surface area contributed by atoms with Gasteiger partial charge in [0, 0.05) is 42.6 Å². The molecule has 0 unspecified atom stereocenters. The van der Waals surface area contributed by atoms with E-state index >= 15 is 0 Å². The van der Waals surface area contributed by atoms with Crippen LogP contribution >= 0.6 is 0 Å². The number of morpholine rings is 1. The molecule has 1 aliphatic heterocycles. The molecule has 9 heteroatoms. The van der Waals surface area contributed by atoms with E-state index in [0.717, 1.165) is 44.2 Å². The first-order valence-electron chi connectivity index (χ1n) is 12.5. The van der Waals surface area contributed by atoms with Crippen molar-refractivity contribution in [2.45, 2.75) is 6.42 Å². The van der Waals surface area contributed by atoms with E-state index in [1.807, 2.05) is 6.07 Å². The number of ether oxygens (including phenoxy) is 4. The normalized spacial score (nSPS) is 13.4. The Balaban J connectivity index is 1.27. The van der Waals surface area contributed by atoms with E-state index in [1.165, 1.54) is 0 Å². The van der Waals surface area contributed by atoms with Crippen molar-refractivity contribution in [1.29, 1.82) is 0 Å². The minimum atomic E-state index is -0.239. The molecule has 2 N–H and O–H groups in total. The number of nitrogens with one attached hydrogen (secondary N) is 2. The number of hydrogen-bond acceptors (Lipinski definition) is 7. The Morgan fingerprint density at radius 3 is 2.34 bits per heavy atom. The highest BCUT2D eigenvalue weighted by molar-refractivity contribution is 6.04. The molecule has 200 valence electrons. The third-order valence-corrected chi connectivity index (χ3v) is 6.11. The molecule has 1 fully saturated rings. The second-order valence-electron chi connectivity index (χ2n) is 8.78. The van der Waals surface area contributed by atoms with Crippen LogP contribution in [0.25, 0.3) is 0 Å². The predicted octanol–water partition coefficient (Wildman–Crippen LogP) is 3.85. The van der Waals surface area contributed by atoms with Gasteiger partial charge in [0.05, 0.1) is 33.9 Å². The van der Waals surface area contributed by atoms with Gasteiger partial charge in [-0.15, -0.1) is 0 Å². The van der Waals surface area contributed by atoms with Gasteiger partial charge in [0.2, 0.25) is 5.91 Å². The summed E-state index contributed by atoms with van der Waals surface area (Å²) in [5.41, 5.74) is 2.50. The minimum Gasteiger partial charge on any atom is -0.493 e. The van der Waals surface area contributed by atoms with Crippen LogP contribution in [0.5, 0.6) is 17.2 Å². The zero-order valence-corrected chi connectivity index (χ0v) is 21.7. The molecule has 0 spiro atoms. The van der Waals surface area contributed by atoms with Crippen LogP contribution in [0.3, 0.4) is 0 Å². The molecule has 1 aliphatic rings. The van der Waals surface area contributed by atoms with E-state index in [9.17, 15) is 9.59 Å². The fraction of sp³-hybridized carbons (Fsp3) is 0.310. The van der Waals surface area contributed by atoms with Crippen LogP contribution in [0.1, 0.15) is 15.9 Å². The van der Waals surface area contributed by atoms with Crippen LogP contribution in [-0.2, 0) is 16.0 Å². The monoisotopic (exact) mass is 519 g/mol. The maximum absolute atomic E-state index is 12.8. The van der Waals surface area contributed by atoms with Crippen molar-refractivity contribution in [2.24, 2.45) is 0 Å². The molecule has 2 amide bonds. The summed E-state index contributed by atoms with van der Waals surface area (Å²) in [5, 5.41) is 5.75. The van der Waals surface area contributed by atoms with Gasteiger partial charge < -0.3 is 29.6 Å². The largest absolute Gasteiger partial charge is 0.493 e. The lowest BCUT2D eigenvalue weighted by atomic mass is 10.1. The second-order valence-corrected chi connectivity index (χ2v) is 8.78. The SMILES string of the molecule is COc1ccc(NC(=O)Cc2cccc(NC(=O)c3ccc(OCCN4CCOCC4)cc3)c2)cc1OC. The number of carbonyl (C=O) groups is 2. The maximum Gasteiger partial charge on any atom is 0.255 e. The summed E-state index contributed by atoms with van der Waals surface area (Å²) < 4.78 is 21.7. The summed E-state index contributed by atoms with van der Waals surface area (Å²) in [6.07, 6.45) is 0.147. The van der Waals surface area contributed by atoms with Gasteiger partial charge in [-0.05, 0) is 54.1 Å². The van der Waals surface area contributed by atoms with E-state index in [-0.39, 0.29) is 18.2 Å². The van der Waals surface area contributed by atoms with Crippen LogP contribution in [0, 0.1) is 0 Å². The zero-order chi connectivity index (χ0) is 26.7. The summed E-state index contributed by atoms with van der Waals surface area (Å²) in [7, 11) is 3.10. The summed E-state index contributed by atoms with van der Waals surface area (Å²) >= 11 is 0. The van der Waals surface area contributed by atoms with Crippen LogP contribution in [0.2, 0.25) is 0 Å². The average molecular weight is 520 g/mol. The fourth-order valence-electron chi connectivity index (χ4n) is 4.09. The Morgan fingerprint density at radius 2 is 1.61 bits per heavy atom. The highest BCUT2D eigenvalue weighted by atomic mass is 16.5. The molecular weight excluding hydrogens is 486 g/mol. The van der Waals surface area contributed by atoms with Crippen molar-refractivity contribution in [3.8, 4) is 17.2 Å². The Hall–Kier alpha value is -4.08. The minimum absolute atomic E-state index is 0.147. The van der Waals surface area contributed by atoms with E-state index in [2.05, 4.69) is 15.5 Å². The first-order valence-corrected chi connectivity index (χ1v) is 12.5. The third-order valence-electron chi connectivity index (χ3n) is 6.11. The molecule has 0 aliphatic carbocycles. The van der Waals surface area contributed by atoms with Gasteiger partial charge in [-0.2, -0.15) is 0 Å². The molecule has 0 aromatic heterocycles. The summed E-state index contributed by atoms with van der Waals surface area (Å²) in [4.78, 5) is 27.7. The van der Waals surface area contributed by atoms with Gasteiger partial charge in [-0.25, -0.2) is 0 Å². The second kappa shape index (κ2) is 13.5. The highest BCUT2D eigenvalue weighted by Crippen LogP contribution is 2.29. The number of hydrogen-bond donors (Lipinski definition) is 2. The smallest absolute Gasteiger partial charge is 0.255 e. The molecule has 0 atom stereocenters. The maximum atomic E-state index is 12.8. The van der Waals surface area contributed by atoms with Crippen molar-refractivity contribution in [1.82, 2.24) is 4.90 Å². The lowest BCUT2D eigenvalue weighted by Crippen LogP contribution is -2.38. The highest BCUT2D eigenvalue weighted by Gasteiger charge is 2.12. The van der Waals surface area contributed by atoms with Gasteiger partial charge in [0.1, 0.15) is 12.4 Å². The molecule has 4 rings (SSSR count). The molecule has 3 aromatic carbocycles. The van der Waals surface area contributed by atoms with Crippen LogP contribution in [0.15, 0.2) is 66.7 Å². The summed E-state index contributed by atoms with van der Waals surface area (Å²) in [6, 6.07) is 19.5. The van der Waals surface area contributed by atoms with E-state index in [0.29, 0.717) is 35.0 Å². The quantitative estimate of drug-likeness (QED) is 0.397. The van der Waals surface area contributed by atoms with E-state index < -0.39 is 0 Å². The van der Waals surface area contributed by atoms with Crippen molar-refractivity contribution in [3.05, 3.63) is 77.9 Å². The molecule has 3 aromatic rings. The molecule has 0 radical (unpaired) electrons. The molecule has 38 heavy (non-hydrogen) atoms. The van der Waals surface area contributed by atoms with Crippen molar-refractivity contribution < 1.29 is 28.5 Å². The number of nitrogens with zero attached hydrogens (tertiary/aromatic N) is 1. The molecule has 1 heterocycles. The Kier molecular flexibility index (Phi) is 9.55. The Labute approximate surface area is 222 Å². The van der Waals surface area contributed by atoms with E-state index in [4.69, 9.17) is 18.9 Å². The first kappa shape index (κ1) is 27.0. The van der Waals surface area contributed by atoms with Crippen LogP contribution < -0.4 is 24.8 Å². The molecule has 1 saturated heterocycles. The average Bonchev–Trinajstić information content (AvgIpc) is 2.94. The van der Waals surface area contributed by atoms with Gasteiger partial charge in [0.25, 0.3) is 5.91 Å². The number of amides is 2. The Morgan fingerprint density at radius 1 is 0.868 bits per heavy atom. The lowest BCUT2D eigenvalue weighted by Gasteiger charge is -2.26. The molecular formula is C29H33N3O6.